The number of rotatable bonds is 1. The Morgan fingerprint density at radius 3 is 2.40 bits per heavy atom. The van der Waals surface area contributed by atoms with E-state index in [9.17, 15) is 9.59 Å². The summed E-state index contributed by atoms with van der Waals surface area (Å²) in [4.78, 5) is 20.8. The monoisotopic (exact) mass is 278 g/mol. The predicted octanol–water partition coefficient (Wildman–Crippen LogP) is 2.73. The molecular formula is C15H22N2O3. The molecule has 1 amide bonds. The van der Waals surface area contributed by atoms with Crippen LogP contribution in [0.25, 0.3) is 0 Å². The van der Waals surface area contributed by atoms with E-state index in [1.165, 1.54) is 18.2 Å². The fourth-order valence-electron chi connectivity index (χ4n) is 1.59. The molecule has 5 heteroatoms. The van der Waals surface area contributed by atoms with E-state index in [1.54, 1.807) is 20.8 Å². The Morgan fingerprint density at radius 2 is 1.90 bits per heavy atom. The molecule has 0 saturated carbocycles. The van der Waals surface area contributed by atoms with Gasteiger partial charge < -0.3 is 15.7 Å². The summed E-state index contributed by atoms with van der Waals surface area (Å²) in [6.45, 7) is 7.50. The van der Waals surface area contributed by atoms with Crippen LogP contribution in [-0.4, -0.2) is 23.5 Å². The van der Waals surface area contributed by atoms with Gasteiger partial charge in [0, 0.05) is 24.8 Å². The minimum Gasteiger partial charge on any atom is -0.481 e. The maximum absolute atomic E-state index is 10.8. The second-order valence-corrected chi connectivity index (χ2v) is 5.79. The van der Waals surface area contributed by atoms with Crippen molar-refractivity contribution in [3.63, 3.8) is 0 Å². The standard InChI is InChI=1S/C10H12N2O.C5H10O2/c1-7(13)12-9-2-3-10-8(6-9)4-5-11-10;1-5(2,3)4(6)7/h2-3,6,11H,4-5H2,1H3,(H,12,13);1-3H3,(H,6,7). The summed E-state index contributed by atoms with van der Waals surface area (Å²) in [5, 5.41) is 14.3. The molecule has 0 spiro atoms. The fraction of sp³-hybridized carbons (Fsp3) is 0.467. The van der Waals surface area contributed by atoms with Crippen LogP contribution < -0.4 is 10.6 Å². The molecule has 0 bridgehead atoms. The Morgan fingerprint density at radius 1 is 1.30 bits per heavy atom. The lowest BCUT2D eigenvalue weighted by Crippen LogP contribution is -2.18. The van der Waals surface area contributed by atoms with Crippen LogP contribution in [0.5, 0.6) is 0 Å². The summed E-state index contributed by atoms with van der Waals surface area (Å²) in [6.07, 6.45) is 1.04. The van der Waals surface area contributed by atoms with Gasteiger partial charge in [-0.3, -0.25) is 9.59 Å². The first kappa shape index (κ1) is 16.0. The lowest BCUT2D eigenvalue weighted by atomic mass is 9.98. The number of anilines is 2. The Hall–Kier alpha value is -2.04. The zero-order chi connectivity index (χ0) is 15.3. The predicted molar refractivity (Wildman–Crippen MR) is 80.0 cm³/mol. The Balaban J connectivity index is 0.000000246. The highest BCUT2D eigenvalue weighted by Crippen LogP contribution is 2.25. The molecule has 1 aliphatic rings. The normalized spacial score (nSPS) is 12.6. The molecule has 110 valence electrons. The first-order valence-electron chi connectivity index (χ1n) is 6.58. The number of carboxylic acid groups (broad SMARTS) is 1. The number of carbonyl (C=O) groups is 2. The Bertz CT molecular complexity index is 504. The lowest BCUT2D eigenvalue weighted by molar-refractivity contribution is -0.145. The van der Waals surface area contributed by atoms with E-state index < -0.39 is 11.4 Å². The van der Waals surface area contributed by atoms with Crippen LogP contribution in [0.2, 0.25) is 0 Å². The topological polar surface area (TPSA) is 78.4 Å². The van der Waals surface area contributed by atoms with Crippen LogP contribution in [0.3, 0.4) is 0 Å². The van der Waals surface area contributed by atoms with Crippen LogP contribution in [-0.2, 0) is 16.0 Å². The number of carbonyl (C=O) groups excluding carboxylic acids is 1. The summed E-state index contributed by atoms with van der Waals surface area (Å²) < 4.78 is 0. The zero-order valence-corrected chi connectivity index (χ0v) is 12.4. The van der Waals surface area contributed by atoms with Crippen LogP contribution >= 0.6 is 0 Å². The van der Waals surface area contributed by atoms with E-state index in [2.05, 4.69) is 10.6 Å². The van der Waals surface area contributed by atoms with Gasteiger partial charge in [-0.1, -0.05) is 0 Å². The second-order valence-electron chi connectivity index (χ2n) is 5.79. The van der Waals surface area contributed by atoms with Gasteiger partial charge in [0.05, 0.1) is 5.41 Å². The SMILES string of the molecule is CC(=O)Nc1ccc2c(c1)CCN2.CC(C)(C)C(=O)O. The molecule has 0 atom stereocenters. The summed E-state index contributed by atoms with van der Waals surface area (Å²) in [5.41, 5.74) is 2.77. The molecule has 1 aromatic rings. The average molecular weight is 278 g/mol. The number of hydrogen-bond acceptors (Lipinski definition) is 3. The molecule has 20 heavy (non-hydrogen) atoms. The highest BCUT2D eigenvalue weighted by atomic mass is 16.4. The molecule has 3 N–H and O–H groups in total. The van der Waals surface area contributed by atoms with Crippen molar-refractivity contribution in [3.05, 3.63) is 23.8 Å². The highest BCUT2D eigenvalue weighted by Gasteiger charge is 2.18. The quantitative estimate of drug-likeness (QED) is 0.738. The van der Waals surface area contributed by atoms with Crippen molar-refractivity contribution in [2.45, 2.75) is 34.1 Å². The molecule has 0 radical (unpaired) electrons. The van der Waals surface area contributed by atoms with Gasteiger partial charge >= 0.3 is 5.97 Å². The Kier molecular flexibility index (Phi) is 5.13. The first-order valence-corrected chi connectivity index (χ1v) is 6.58. The van der Waals surface area contributed by atoms with Crippen LogP contribution in [0.1, 0.15) is 33.3 Å². The van der Waals surface area contributed by atoms with Crippen LogP contribution in [0.15, 0.2) is 18.2 Å². The summed E-state index contributed by atoms with van der Waals surface area (Å²) >= 11 is 0. The number of aliphatic carboxylic acids is 1. The summed E-state index contributed by atoms with van der Waals surface area (Å²) in [7, 11) is 0. The molecule has 0 aromatic heterocycles. The molecule has 1 aliphatic heterocycles. The molecule has 1 aromatic carbocycles. The maximum atomic E-state index is 10.8. The van der Waals surface area contributed by atoms with E-state index in [0.717, 1.165) is 18.7 Å². The smallest absolute Gasteiger partial charge is 0.308 e. The number of fused-ring (bicyclic) bond motifs is 1. The van der Waals surface area contributed by atoms with Crippen LogP contribution in [0.4, 0.5) is 11.4 Å². The molecule has 0 unspecified atom stereocenters. The lowest BCUT2D eigenvalue weighted by Gasteiger charge is -2.08. The van der Waals surface area contributed by atoms with Crippen LogP contribution in [0, 0.1) is 5.41 Å². The van der Waals surface area contributed by atoms with E-state index in [-0.39, 0.29) is 5.91 Å². The Labute approximate surface area is 119 Å². The van der Waals surface area contributed by atoms with E-state index in [4.69, 9.17) is 5.11 Å². The number of nitrogens with one attached hydrogen (secondary N) is 2. The number of hydrogen-bond donors (Lipinski definition) is 3. The highest BCUT2D eigenvalue weighted by molar-refractivity contribution is 5.89. The number of amides is 1. The molecular weight excluding hydrogens is 256 g/mol. The summed E-state index contributed by atoms with van der Waals surface area (Å²) in [5.74, 6) is -0.779. The molecule has 5 nitrogen and oxygen atoms in total. The molecule has 1 heterocycles. The number of benzene rings is 1. The van der Waals surface area contributed by atoms with Crippen molar-refractivity contribution in [2.24, 2.45) is 5.41 Å². The van der Waals surface area contributed by atoms with Gasteiger partial charge in [-0.15, -0.1) is 0 Å². The minimum absolute atomic E-state index is 0.0223. The van der Waals surface area contributed by atoms with E-state index in [0.29, 0.717) is 0 Å². The van der Waals surface area contributed by atoms with Gasteiger partial charge in [0.2, 0.25) is 5.91 Å². The van der Waals surface area contributed by atoms with Gasteiger partial charge in [-0.25, -0.2) is 0 Å². The zero-order valence-electron chi connectivity index (χ0n) is 12.4. The van der Waals surface area contributed by atoms with Gasteiger partial charge in [-0.05, 0) is 51.0 Å². The second kappa shape index (κ2) is 6.41. The largest absolute Gasteiger partial charge is 0.481 e. The third-order valence-electron chi connectivity index (χ3n) is 2.78. The minimum atomic E-state index is -0.757. The van der Waals surface area contributed by atoms with E-state index >= 15 is 0 Å². The molecule has 0 aliphatic carbocycles. The first-order chi connectivity index (χ1) is 9.20. The van der Waals surface area contributed by atoms with Gasteiger partial charge in [0.15, 0.2) is 0 Å². The average Bonchev–Trinajstić information content (AvgIpc) is 2.74. The van der Waals surface area contributed by atoms with Crippen molar-refractivity contribution in [3.8, 4) is 0 Å². The van der Waals surface area contributed by atoms with Crippen molar-refractivity contribution in [1.29, 1.82) is 0 Å². The molecule has 0 fully saturated rings. The van der Waals surface area contributed by atoms with Gasteiger partial charge in [0.1, 0.15) is 0 Å². The van der Waals surface area contributed by atoms with Gasteiger partial charge in [-0.2, -0.15) is 0 Å². The molecule has 2 rings (SSSR count). The van der Waals surface area contributed by atoms with E-state index in [1.807, 2.05) is 18.2 Å². The van der Waals surface area contributed by atoms with Gasteiger partial charge in [0.25, 0.3) is 0 Å². The maximum Gasteiger partial charge on any atom is 0.308 e. The van der Waals surface area contributed by atoms with Crippen molar-refractivity contribution in [1.82, 2.24) is 0 Å². The third kappa shape index (κ3) is 4.91. The molecule has 0 saturated heterocycles. The third-order valence-corrected chi connectivity index (χ3v) is 2.78. The fourth-order valence-corrected chi connectivity index (χ4v) is 1.59. The van der Waals surface area contributed by atoms with Crippen molar-refractivity contribution < 1.29 is 14.7 Å². The van der Waals surface area contributed by atoms with Crippen molar-refractivity contribution in [2.75, 3.05) is 17.2 Å². The number of carboxylic acids is 1. The van der Waals surface area contributed by atoms with Crippen molar-refractivity contribution >= 4 is 23.3 Å². The summed E-state index contributed by atoms with van der Waals surface area (Å²) in [6, 6.07) is 5.95.